The fourth-order valence-electron chi connectivity index (χ4n) is 2.84. The van der Waals surface area contributed by atoms with Crippen LogP contribution in [0.5, 0.6) is 0 Å². The Hall–Kier alpha value is -0.650. The number of hydrogen-bond donors (Lipinski definition) is 1. The molecule has 124 valence electrons. The Labute approximate surface area is 129 Å². The van der Waals surface area contributed by atoms with Crippen molar-refractivity contribution in [3.8, 4) is 0 Å². The Morgan fingerprint density at radius 3 is 2.81 bits per heavy atom. The van der Waals surface area contributed by atoms with E-state index in [2.05, 4.69) is 24.1 Å². The second-order valence-corrected chi connectivity index (χ2v) is 6.08. The number of nitrogens with zero attached hydrogens (tertiary/aromatic N) is 1. The summed E-state index contributed by atoms with van der Waals surface area (Å²) in [4.78, 5) is 14.4. The van der Waals surface area contributed by atoms with Crippen LogP contribution in [0.3, 0.4) is 0 Å². The maximum Gasteiger partial charge on any atom is 0.323 e. The molecule has 21 heavy (non-hydrogen) atoms. The molecule has 2 unspecified atom stereocenters. The van der Waals surface area contributed by atoms with Crippen LogP contribution >= 0.6 is 0 Å². The van der Waals surface area contributed by atoms with Gasteiger partial charge in [0, 0.05) is 20.2 Å². The van der Waals surface area contributed by atoms with Gasteiger partial charge in [-0.3, -0.25) is 4.79 Å². The summed E-state index contributed by atoms with van der Waals surface area (Å²) >= 11 is 0. The van der Waals surface area contributed by atoms with Gasteiger partial charge in [-0.25, -0.2) is 0 Å². The number of methoxy groups -OCH3 is 1. The number of esters is 1. The number of nitrogens with one attached hydrogen (secondary N) is 1. The fraction of sp³-hybridized carbons (Fsp3) is 0.938. The molecule has 5 heteroatoms. The Kier molecular flexibility index (Phi) is 8.22. The molecule has 0 aliphatic carbocycles. The lowest BCUT2D eigenvalue weighted by molar-refractivity contribution is -0.146. The van der Waals surface area contributed by atoms with E-state index >= 15 is 0 Å². The molecule has 1 aliphatic heterocycles. The molecule has 5 nitrogen and oxygen atoms in total. The van der Waals surface area contributed by atoms with Gasteiger partial charge in [0.05, 0.1) is 12.2 Å². The Bertz CT molecular complexity index is 312. The Balaban J connectivity index is 2.45. The van der Waals surface area contributed by atoms with Crippen molar-refractivity contribution in [3.63, 3.8) is 0 Å². The first kappa shape index (κ1) is 18.4. The van der Waals surface area contributed by atoms with Gasteiger partial charge in [0.25, 0.3) is 0 Å². The highest BCUT2D eigenvalue weighted by molar-refractivity contribution is 5.75. The first-order valence-corrected chi connectivity index (χ1v) is 8.22. The van der Waals surface area contributed by atoms with Gasteiger partial charge in [0.15, 0.2) is 0 Å². The molecular weight excluding hydrogens is 268 g/mol. The highest BCUT2D eigenvalue weighted by Crippen LogP contribution is 2.23. The van der Waals surface area contributed by atoms with Crippen molar-refractivity contribution in [2.45, 2.75) is 58.1 Å². The third-order valence-electron chi connectivity index (χ3n) is 4.18. The molecule has 1 aliphatic rings. The standard InChI is InChI=1S/C16H32N2O3/c1-5-10-17-14(15(19)21-6-2)8-12-18-11-7-9-16(3,13-18)20-4/h14,17H,5-13H2,1-4H3. The first-order valence-electron chi connectivity index (χ1n) is 8.22. The smallest absolute Gasteiger partial charge is 0.323 e. The fourth-order valence-corrected chi connectivity index (χ4v) is 2.84. The molecule has 0 radical (unpaired) electrons. The summed E-state index contributed by atoms with van der Waals surface area (Å²) in [6.07, 6.45) is 4.06. The van der Waals surface area contributed by atoms with E-state index in [0.29, 0.717) is 6.61 Å². The summed E-state index contributed by atoms with van der Waals surface area (Å²) in [5, 5.41) is 3.30. The van der Waals surface area contributed by atoms with Crippen LogP contribution in [0.4, 0.5) is 0 Å². The molecule has 0 amide bonds. The van der Waals surface area contributed by atoms with Crippen molar-refractivity contribution < 1.29 is 14.3 Å². The lowest BCUT2D eigenvalue weighted by Gasteiger charge is -2.39. The van der Waals surface area contributed by atoms with E-state index in [0.717, 1.165) is 51.9 Å². The largest absolute Gasteiger partial charge is 0.465 e. The van der Waals surface area contributed by atoms with Gasteiger partial charge in [-0.15, -0.1) is 0 Å². The molecule has 0 bridgehead atoms. The molecule has 0 aromatic rings. The van der Waals surface area contributed by atoms with Crippen molar-refractivity contribution in [3.05, 3.63) is 0 Å². The zero-order valence-corrected chi connectivity index (χ0v) is 14.1. The minimum absolute atomic E-state index is 0.0471. The summed E-state index contributed by atoms with van der Waals surface area (Å²) in [6, 6.07) is -0.194. The molecule has 1 saturated heterocycles. The zero-order chi connectivity index (χ0) is 15.7. The van der Waals surface area contributed by atoms with E-state index < -0.39 is 0 Å². The zero-order valence-electron chi connectivity index (χ0n) is 14.1. The number of carbonyl (C=O) groups is 1. The first-order chi connectivity index (χ1) is 10.0. The lowest BCUT2D eigenvalue weighted by Crippen LogP contribution is -2.49. The van der Waals surface area contributed by atoms with Crippen LogP contribution in [-0.4, -0.2) is 62.4 Å². The van der Waals surface area contributed by atoms with Gasteiger partial charge in [-0.2, -0.15) is 0 Å². The molecule has 0 aromatic heterocycles. The molecule has 0 saturated carbocycles. The number of ether oxygens (including phenoxy) is 2. The van der Waals surface area contributed by atoms with Crippen molar-refractivity contribution in [2.24, 2.45) is 0 Å². The van der Waals surface area contributed by atoms with Crippen molar-refractivity contribution in [1.82, 2.24) is 10.2 Å². The second-order valence-electron chi connectivity index (χ2n) is 6.08. The van der Waals surface area contributed by atoms with Crippen LogP contribution in [-0.2, 0) is 14.3 Å². The summed E-state index contributed by atoms with van der Waals surface area (Å²) in [6.45, 7) is 10.3. The molecular formula is C16H32N2O3. The Morgan fingerprint density at radius 2 is 2.19 bits per heavy atom. The van der Waals surface area contributed by atoms with Crippen LogP contribution in [0.15, 0.2) is 0 Å². The van der Waals surface area contributed by atoms with E-state index in [-0.39, 0.29) is 17.6 Å². The minimum atomic E-state index is -0.194. The predicted octanol–water partition coefficient (Wildman–Crippen LogP) is 1.81. The average Bonchev–Trinajstić information content (AvgIpc) is 2.47. The molecule has 1 rings (SSSR count). The van der Waals surface area contributed by atoms with Crippen molar-refractivity contribution in [1.29, 1.82) is 0 Å². The lowest BCUT2D eigenvalue weighted by atomic mass is 9.94. The summed E-state index contributed by atoms with van der Waals surface area (Å²) in [5.41, 5.74) is -0.0471. The minimum Gasteiger partial charge on any atom is -0.465 e. The maximum absolute atomic E-state index is 12.0. The SMILES string of the molecule is CCCNC(CCN1CCCC(C)(OC)C1)C(=O)OCC. The number of hydrogen-bond acceptors (Lipinski definition) is 5. The summed E-state index contributed by atoms with van der Waals surface area (Å²) < 4.78 is 10.8. The van der Waals surface area contributed by atoms with Crippen LogP contribution in [0.2, 0.25) is 0 Å². The van der Waals surface area contributed by atoms with Gasteiger partial charge >= 0.3 is 5.97 Å². The highest BCUT2D eigenvalue weighted by Gasteiger charge is 2.31. The second kappa shape index (κ2) is 9.38. The van der Waals surface area contributed by atoms with Crippen LogP contribution < -0.4 is 5.32 Å². The van der Waals surface area contributed by atoms with Gasteiger partial charge in [-0.05, 0) is 52.6 Å². The van der Waals surface area contributed by atoms with Gasteiger partial charge in [-0.1, -0.05) is 6.92 Å². The van der Waals surface area contributed by atoms with Gasteiger partial charge in [0.2, 0.25) is 0 Å². The number of likely N-dealkylation sites (tertiary alicyclic amines) is 1. The van der Waals surface area contributed by atoms with Crippen LogP contribution in [0, 0.1) is 0 Å². The van der Waals surface area contributed by atoms with E-state index in [4.69, 9.17) is 9.47 Å². The topological polar surface area (TPSA) is 50.8 Å². The van der Waals surface area contributed by atoms with Crippen LogP contribution in [0.25, 0.3) is 0 Å². The molecule has 1 fully saturated rings. The molecule has 2 atom stereocenters. The average molecular weight is 300 g/mol. The normalized spacial score (nSPS) is 24.8. The number of rotatable bonds is 9. The molecule has 0 aromatic carbocycles. The monoisotopic (exact) mass is 300 g/mol. The number of carbonyl (C=O) groups excluding carboxylic acids is 1. The van der Waals surface area contributed by atoms with Crippen LogP contribution in [0.1, 0.15) is 46.5 Å². The van der Waals surface area contributed by atoms with E-state index in [9.17, 15) is 4.79 Å². The Morgan fingerprint density at radius 1 is 1.43 bits per heavy atom. The molecule has 1 heterocycles. The van der Waals surface area contributed by atoms with Crippen molar-refractivity contribution in [2.75, 3.05) is 39.9 Å². The predicted molar refractivity (Wildman–Crippen MR) is 84.4 cm³/mol. The molecule has 1 N–H and O–H groups in total. The van der Waals surface area contributed by atoms with E-state index in [1.807, 2.05) is 6.92 Å². The summed E-state index contributed by atoms with van der Waals surface area (Å²) in [7, 11) is 1.79. The summed E-state index contributed by atoms with van der Waals surface area (Å²) in [5.74, 6) is -0.127. The van der Waals surface area contributed by atoms with E-state index in [1.165, 1.54) is 0 Å². The van der Waals surface area contributed by atoms with Crippen molar-refractivity contribution >= 4 is 5.97 Å². The van der Waals surface area contributed by atoms with Gasteiger partial charge < -0.3 is 19.7 Å². The van der Waals surface area contributed by atoms with E-state index in [1.54, 1.807) is 7.11 Å². The number of piperidine rings is 1. The third kappa shape index (κ3) is 6.32. The third-order valence-corrected chi connectivity index (χ3v) is 4.18. The van der Waals surface area contributed by atoms with Gasteiger partial charge in [0.1, 0.15) is 6.04 Å². The highest BCUT2D eigenvalue weighted by atomic mass is 16.5. The quantitative estimate of drug-likeness (QED) is 0.658. The molecule has 0 spiro atoms. The maximum atomic E-state index is 12.0.